The van der Waals surface area contributed by atoms with Gasteiger partial charge in [-0.2, -0.15) is 0 Å². The lowest BCUT2D eigenvalue weighted by Gasteiger charge is -2.13. The van der Waals surface area contributed by atoms with E-state index in [9.17, 15) is 0 Å². The van der Waals surface area contributed by atoms with E-state index in [0.29, 0.717) is 23.2 Å². The topological polar surface area (TPSA) is 39.1 Å². The molecule has 3 heterocycles. The molecule has 1 aliphatic heterocycles. The van der Waals surface area contributed by atoms with Gasteiger partial charge in [-0.1, -0.05) is 35.3 Å². The summed E-state index contributed by atoms with van der Waals surface area (Å²) in [6, 6.07) is 14.0. The summed E-state index contributed by atoms with van der Waals surface area (Å²) < 4.78 is 8.37. The number of pyridine rings is 1. The van der Waals surface area contributed by atoms with Gasteiger partial charge in [0.05, 0.1) is 27.6 Å². The molecule has 0 aliphatic carbocycles. The third kappa shape index (κ3) is 3.46. The third-order valence-corrected chi connectivity index (χ3v) is 6.38. The molecule has 0 amide bonds. The number of benzene rings is 2. The molecule has 0 atom stereocenters. The SMILES string of the molecule is Clc1ccc2c3c(n(CCOc4ccc5cccnc5c4)c2c1Cl)CCNCC3. The quantitative estimate of drug-likeness (QED) is 0.484. The number of rotatable bonds is 4. The first-order valence-corrected chi connectivity index (χ1v) is 10.6. The van der Waals surface area contributed by atoms with Crippen molar-refractivity contribution in [1.82, 2.24) is 14.9 Å². The molecule has 0 bridgehead atoms. The summed E-state index contributed by atoms with van der Waals surface area (Å²) in [5.74, 6) is 0.824. The highest BCUT2D eigenvalue weighted by Gasteiger charge is 2.21. The van der Waals surface area contributed by atoms with Crippen LogP contribution in [-0.2, 0) is 19.4 Å². The Labute approximate surface area is 179 Å². The summed E-state index contributed by atoms with van der Waals surface area (Å²) in [6.07, 6.45) is 3.76. The number of nitrogens with zero attached hydrogens (tertiary/aromatic N) is 2. The molecule has 5 rings (SSSR count). The van der Waals surface area contributed by atoms with Gasteiger partial charge in [-0.25, -0.2) is 0 Å². The highest BCUT2D eigenvalue weighted by molar-refractivity contribution is 6.45. The van der Waals surface area contributed by atoms with Crippen molar-refractivity contribution in [2.45, 2.75) is 19.4 Å². The Bertz CT molecular complexity index is 1200. The highest BCUT2D eigenvalue weighted by Crippen LogP contribution is 2.37. The zero-order chi connectivity index (χ0) is 19.8. The van der Waals surface area contributed by atoms with Gasteiger partial charge in [-0.3, -0.25) is 4.98 Å². The second kappa shape index (κ2) is 7.86. The maximum atomic E-state index is 6.64. The molecule has 1 N–H and O–H groups in total. The number of aromatic nitrogens is 2. The van der Waals surface area contributed by atoms with Crippen molar-refractivity contribution in [3.8, 4) is 5.75 Å². The number of hydrogen-bond acceptors (Lipinski definition) is 3. The molecule has 2 aromatic heterocycles. The Morgan fingerprint density at radius 1 is 1.07 bits per heavy atom. The summed E-state index contributed by atoms with van der Waals surface area (Å²) >= 11 is 13.0. The van der Waals surface area contributed by atoms with Crippen molar-refractivity contribution in [1.29, 1.82) is 0 Å². The van der Waals surface area contributed by atoms with Crippen LogP contribution in [0.25, 0.3) is 21.8 Å². The van der Waals surface area contributed by atoms with Gasteiger partial charge in [0.15, 0.2) is 0 Å². The lowest BCUT2D eigenvalue weighted by molar-refractivity contribution is 0.299. The van der Waals surface area contributed by atoms with Crippen molar-refractivity contribution in [3.05, 3.63) is 70.0 Å². The summed E-state index contributed by atoms with van der Waals surface area (Å²) in [6.45, 7) is 3.20. The molecule has 148 valence electrons. The van der Waals surface area contributed by atoms with E-state index in [2.05, 4.69) is 20.9 Å². The summed E-state index contributed by atoms with van der Waals surface area (Å²) in [7, 11) is 0. The van der Waals surface area contributed by atoms with Gasteiger partial charge in [-0.15, -0.1) is 0 Å². The molecule has 0 unspecified atom stereocenters. The number of ether oxygens (including phenoxy) is 1. The lowest BCUT2D eigenvalue weighted by Crippen LogP contribution is -2.18. The predicted molar refractivity (Wildman–Crippen MR) is 119 cm³/mol. The predicted octanol–water partition coefficient (Wildman–Crippen LogP) is 5.26. The van der Waals surface area contributed by atoms with Crippen molar-refractivity contribution in [2.75, 3.05) is 19.7 Å². The van der Waals surface area contributed by atoms with E-state index < -0.39 is 0 Å². The van der Waals surface area contributed by atoms with Crippen LogP contribution in [0.1, 0.15) is 11.3 Å². The van der Waals surface area contributed by atoms with E-state index in [0.717, 1.165) is 48.1 Å². The monoisotopic (exact) mass is 425 g/mol. The van der Waals surface area contributed by atoms with Crippen molar-refractivity contribution >= 4 is 45.0 Å². The maximum Gasteiger partial charge on any atom is 0.121 e. The Kier molecular flexibility index (Phi) is 5.08. The van der Waals surface area contributed by atoms with E-state index in [4.69, 9.17) is 27.9 Å². The zero-order valence-corrected chi connectivity index (χ0v) is 17.4. The van der Waals surface area contributed by atoms with Crippen LogP contribution in [0.5, 0.6) is 5.75 Å². The summed E-state index contributed by atoms with van der Waals surface area (Å²) in [5.41, 5.74) is 4.66. The average Bonchev–Trinajstić information content (AvgIpc) is 2.88. The Balaban J connectivity index is 1.46. The minimum Gasteiger partial charge on any atom is -0.492 e. The van der Waals surface area contributed by atoms with Crippen molar-refractivity contribution < 1.29 is 4.74 Å². The molecule has 4 nitrogen and oxygen atoms in total. The number of halogens is 2. The molecule has 6 heteroatoms. The minimum atomic E-state index is 0.546. The number of fused-ring (bicyclic) bond motifs is 4. The average molecular weight is 426 g/mol. The largest absolute Gasteiger partial charge is 0.492 e. The van der Waals surface area contributed by atoms with Gasteiger partial charge in [0.25, 0.3) is 0 Å². The molecule has 1 aliphatic rings. The Morgan fingerprint density at radius 2 is 1.97 bits per heavy atom. The molecule has 4 aromatic rings. The minimum absolute atomic E-state index is 0.546. The molecule has 2 aromatic carbocycles. The van der Waals surface area contributed by atoms with Gasteiger partial charge < -0.3 is 14.6 Å². The first-order chi connectivity index (χ1) is 14.2. The van der Waals surface area contributed by atoms with Crippen LogP contribution in [0.3, 0.4) is 0 Å². The molecule has 0 saturated carbocycles. The summed E-state index contributed by atoms with van der Waals surface area (Å²) in [4.78, 5) is 4.41. The Morgan fingerprint density at radius 3 is 2.90 bits per heavy atom. The standard InChI is InChI=1S/C23H21Cl2N3O/c24-19-6-5-18-17-7-10-26-11-8-21(17)28(23(18)22(19)25)12-13-29-16-4-3-15-2-1-9-27-20(15)14-16/h1-6,9,14,26H,7-8,10-13H2. The van der Waals surface area contributed by atoms with Gasteiger partial charge in [0, 0.05) is 41.7 Å². The van der Waals surface area contributed by atoms with Gasteiger partial charge in [0.2, 0.25) is 0 Å². The molecular formula is C23H21Cl2N3O. The van der Waals surface area contributed by atoms with Gasteiger partial charge in [0.1, 0.15) is 12.4 Å². The van der Waals surface area contributed by atoms with Crippen LogP contribution < -0.4 is 10.1 Å². The van der Waals surface area contributed by atoms with Crippen LogP contribution in [0.15, 0.2) is 48.7 Å². The van der Waals surface area contributed by atoms with Crippen LogP contribution in [0, 0.1) is 0 Å². The summed E-state index contributed by atoms with van der Waals surface area (Å²) in [5, 5.41) is 7.01. The van der Waals surface area contributed by atoms with Crippen molar-refractivity contribution in [3.63, 3.8) is 0 Å². The molecule has 0 radical (unpaired) electrons. The lowest BCUT2D eigenvalue weighted by atomic mass is 10.1. The molecule has 0 saturated heterocycles. The molecule has 29 heavy (non-hydrogen) atoms. The highest BCUT2D eigenvalue weighted by atomic mass is 35.5. The maximum absolute atomic E-state index is 6.64. The first-order valence-electron chi connectivity index (χ1n) is 9.88. The number of nitrogens with one attached hydrogen (secondary N) is 1. The fourth-order valence-electron chi connectivity index (χ4n) is 4.25. The molecule has 0 spiro atoms. The van der Waals surface area contributed by atoms with Gasteiger partial charge in [-0.05, 0) is 42.8 Å². The van der Waals surface area contributed by atoms with Crippen LogP contribution in [-0.4, -0.2) is 29.2 Å². The van der Waals surface area contributed by atoms with E-state index in [-0.39, 0.29) is 0 Å². The normalized spacial score (nSPS) is 14.1. The molecule has 0 fully saturated rings. The first kappa shape index (κ1) is 18.7. The second-order valence-electron chi connectivity index (χ2n) is 7.29. The van der Waals surface area contributed by atoms with Gasteiger partial charge >= 0.3 is 0 Å². The van der Waals surface area contributed by atoms with Crippen LogP contribution in [0.2, 0.25) is 10.0 Å². The molecular weight excluding hydrogens is 405 g/mol. The fraction of sp³-hybridized carbons (Fsp3) is 0.261. The van der Waals surface area contributed by atoms with E-state index in [1.165, 1.54) is 16.6 Å². The van der Waals surface area contributed by atoms with E-state index in [1.54, 1.807) is 6.20 Å². The Hall–Kier alpha value is -2.27. The second-order valence-corrected chi connectivity index (χ2v) is 8.08. The van der Waals surface area contributed by atoms with E-state index >= 15 is 0 Å². The van der Waals surface area contributed by atoms with Crippen LogP contribution in [0.4, 0.5) is 0 Å². The fourth-order valence-corrected chi connectivity index (χ4v) is 4.67. The van der Waals surface area contributed by atoms with Crippen molar-refractivity contribution in [2.24, 2.45) is 0 Å². The smallest absolute Gasteiger partial charge is 0.121 e. The van der Waals surface area contributed by atoms with E-state index in [1.807, 2.05) is 36.4 Å². The zero-order valence-electron chi connectivity index (χ0n) is 15.9. The third-order valence-electron chi connectivity index (χ3n) is 5.59. The van der Waals surface area contributed by atoms with Crippen LogP contribution >= 0.6 is 23.2 Å². The number of hydrogen-bond donors (Lipinski definition) is 1.